The van der Waals surface area contributed by atoms with Crippen LogP contribution in [0.1, 0.15) is 36.2 Å². The van der Waals surface area contributed by atoms with Gasteiger partial charge in [-0.15, -0.1) is 0 Å². The van der Waals surface area contributed by atoms with E-state index in [9.17, 15) is 4.79 Å². The number of piperidine rings is 1. The van der Waals surface area contributed by atoms with E-state index >= 15 is 0 Å². The van der Waals surface area contributed by atoms with Gasteiger partial charge in [0.25, 0.3) is 5.91 Å². The minimum atomic E-state index is -0.0774. The molecular formula is C13H18N2O2. The van der Waals surface area contributed by atoms with Crippen molar-refractivity contribution in [2.24, 2.45) is 0 Å². The fourth-order valence-electron chi connectivity index (χ4n) is 3.02. The van der Waals surface area contributed by atoms with Crippen molar-refractivity contribution in [3.8, 4) is 0 Å². The number of rotatable bonds is 2. The summed E-state index contributed by atoms with van der Waals surface area (Å²) in [6.07, 6.45) is 6.28. The van der Waals surface area contributed by atoms with Crippen molar-refractivity contribution in [1.29, 1.82) is 0 Å². The Morgan fingerprint density at radius 2 is 2.35 bits per heavy atom. The summed E-state index contributed by atoms with van der Waals surface area (Å²) in [7, 11) is 0. The number of nitrogens with zero attached hydrogens (tertiary/aromatic N) is 1. The lowest BCUT2D eigenvalue weighted by atomic mass is 9.97. The molecule has 1 aromatic heterocycles. The lowest BCUT2D eigenvalue weighted by molar-refractivity contribution is 0.0868. The zero-order valence-corrected chi connectivity index (χ0v) is 9.89. The van der Waals surface area contributed by atoms with E-state index in [1.54, 1.807) is 12.1 Å². The van der Waals surface area contributed by atoms with E-state index in [-0.39, 0.29) is 5.91 Å². The first-order valence-electron chi connectivity index (χ1n) is 6.41. The molecule has 2 aliphatic rings. The molecule has 92 valence electrons. The fourth-order valence-corrected chi connectivity index (χ4v) is 3.02. The molecule has 2 saturated heterocycles. The van der Waals surface area contributed by atoms with Crippen molar-refractivity contribution in [2.45, 2.75) is 37.8 Å². The third-order valence-corrected chi connectivity index (χ3v) is 3.90. The number of carbonyl (C=O) groups excluding carboxylic acids is 1. The molecule has 0 radical (unpaired) electrons. The van der Waals surface area contributed by atoms with Crippen LogP contribution in [0, 0.1) is 0 Å². The third kappa shape index (κ3) is 2.22. The molecule has 2 unspecified atom stereocenters. The number of furan rings is 1. The largest absolute Gasteiger partial charge is 0.459 e. The van der Waals surface area contributed by atoms with Crippen LogP contribution in [0.15, 0.2) is 22.8 Å². The summed E-state index contributed by atoms with van der Waals surface area (Å²) in [5.41, 5.74) is 0. The first-order valence-corrected chi connectivity index (χ1v) is 6.41. The molecule has 0 saturated carbocycles. The Kier molecular flexibility index (Phi) is 2.89. The monoisotopic (exact) mass is 234 g/mol. The Morgan fingerprint density at radius 3 is 3.18 bits per heavy atom. The number of fused-ring (bicyclic) bond motifs is 1. The molecule has 2 fully saturated rings. The summed E-state index contributed by atoms with van der Waals surface area (Å²) in [5.74, 6) is 0.338. The third-order valence-electron chi connectivity index (χ3n) is 3.90. The second-order valence-corrected chi connectivity index (χ2v) is 5.00. The minimum absolute atomic E-state index is 0.0774. The maximum atomic E-state index is 11.8. The Morgan fingerprint density at radius 1 is 1.41 bits per heavy atom. The van der Waals surface area contributed by atoms with Crippen LogP contribution in [-0.2, 0) is 0 Å². The number of carbonyl (C=O) groups is 1. The molecule has 0 aromatic carbocycles. The average Bonchev–Trinajstić information content (AvgIpc) is 2.99. The fraction of sp³-hybridized carbons (Fsp3) is 0.615. The smallest absolute Gasteiger partial charge is 0.287 e. The standard InChI is InChI=1S/C13H18N2O2/c16-13(12-4-2-8-17-12)14-10-5-7-15-6-1-3-11(15)9-10/h2,4,8,10-11H,1,3,5-7,9H2,(H,14,16). The van der Waals surface area contributed by atoms with Gasteiger partial charge in [-0.05, 0) is 44.4 Å². The van der Waals surface area contributed by atoms with E-state index in [1.807, 2.05) is 0 Å². The van der Waals surface area contributed by atoms with E-state index in [1.165, 1.54) is 25.6 Å². The molecule has 4 nitrogen and oxygen atoms in total. The molecule has 0 bridgehead atoms. The van der Waals surface area contributed by atoms with Crippen LogP contribution in [0.5, 0.6) is 0 Å². The summed E-state index contributed by atoms with van der Waals surface area (Å²) in [6, 6.07) is 4.45. The Balaban J connectivity index is 1.57. The second-order valence-electron chi connectivity index (χ2n) is 5.00. The van der Waals surface area contributed by atoms with E-state index in [0.29, 0.717) is 17.8 Å². The van der Waals surface area contributed by atoms with E-state index < -0.39 is 0 Å². The van der Waals surface area contributed by atoms with E-state index in [4.69, 9.17) is 4.42 Å². The maximum Gasteiger partial charge on any atom is 0.287 e. The number of nitrogens with one attached hydrogen (secondary N) is 1. The first-order chi connectivity index (χ1) is 8.33. The van der Waals surface area contributed by atoms with Gasteiger partial charge in [0, 0.05) is 18.6 Å². The minimum Gasteiger partial charge on any atom is -0.459 e. The Bertz CT molecular complexity index is 388. The summed E-state index contributed by atoms with van der Waals surface area (Å²) >= 11 is 0. The summed E-state index contributed by atoms with van der Waals surface area (Å²) in [6.45, 7) is 2.36. The summed E-state index contributed by atoms with van der Waals surface area (Å²) in [4.78, 5) is 14.4. The predicted octanol–water partition coefficient (Wildman–Crippen LogP) is 1.64. The van der Waals surface area contributed by atoms with Gasteiger partial charge in [-0.3, -0.25) is 4.79 Å². The van der Waals surface area contributed by atoms with Crippen LogP contribution in [0.4, 0.5) is 0 Å². The molecule has 3 heterocycles. The van der Waals surface area contributed by atoms with Crippen molar-refractivity contribution in [1.82, 2.24) is 10.2 Å². The predicted molar refractivity (Wildman–Crippen MR) is 63.8 cm³/mol. The molecule has 3 rings (SSSR count). The quantitative estimate of drug-likeness (QED) is 0.846. The first kappa shape index (κ1) is 10.8. The SMILES string of the molecule is O=C(NC1CCN2CCCC2C1)c1ccco1. The summed E-state index contributed by atoms with van der Waals surface area (Å²) < 4.78 is 5.10. The molecule has 4 heteroatoms. The highest BCUT2D eigenvalue weighted by Crippen LogP contribution is 2.26. The molecule has 0 spiro atoms. The molecule has 17 heavy (non-hydrogen) atoms. The van der Waals surface area contributed by atoms with Gasteiger partial charge in [0.1, 0.15) is 0 Å². The van der Waals surface area contributed by atoms with Crippen LogP contribution in [0.3, 0.4) is 0 Å². The van der Waals surface area contributed by atoms with Crippen molar-refractivity contribution in [3.05, 3.63) is 24.2 Å². The molecule has 1 N–H and O–H groups in total. The van der Waals surface area contributed by atoms with Crippen molar-refractivity contribution < 1.29 is 9.21 Å². The zero-order chi connectivity index (χ0) is 11.7. The van der Waals surface area contributed by atoms with Gasteiger partial charge in [0.2, 0.25) is 0 Å². The maximum absolute atomic E-state index is 11.8. The van der Waals surface area contributed by atoms with Crippen LogP contribution in [0.25, 0.3) is 0 Å². The van der Waals surface area contributed by atoms with E-state index in [2.05, 4.69) is 10.2 Å². The van der Waals surface area contributed by atoms with Crippen LogP contribution >= 0.6 is 0 Å². The molecule has 2 aliphatic heterocycles. The van der Waals surface area contributed by atoms with Gasteiger partial charge in [0.05, 0.1) is 6.26 Å². The number of amides is 1. The normalized spacial score (nSPS) is 28.9. The van der Waals surface area contributed by atoms with Gasteiger partial charge in [0.15, 0.2) is 5.76 Å². The van der Waals surface area contributed by atoms with Gasteiger partial charge in [-0.25, -0.2) is 0 Å². The molecule has 0 aliphatic carbocycles. The average molecular weight is 234 g/mol. The van der Waals surface area contributed by atoms with Crippen molar-refractivity contribution in [2.75, 3.05) is 13.1 Å². The molecule has 1 aromatic rings. The van der Waals surface area contributed by atoms with Gasteiger partial charge < -0.3 is 14.6 Å². The van der Waals surface area contributed by atoms with Gasteiger partial charge >= 0.3 is 0 Å². The Labute approximate surface area is 101 Å². The molecule has 2 atom stereocenters. The summed E-state index contributed by atoms with van der Waals surface area (Å²) in [5, 5.41) is 3.07. The highest BCUT2D eigenvalue weighted by atomic mass is 16.3. The number of hydrogen-bond donors (Lipinski definition) is 1. The van der Waals surface area contributed by atoms with Crippen molar-refractivity contribution in [3.63, 3.8) is 0 Å². The lowest BCUT2D eigenvalue weighted by Crippen LogP contribution is -2.47. The molecular weight excluding hydrogens is 216 g/mol. The van der Waals surface area contributed by atoms with Gasteiger partial charge in [-0.2, -0.15) is 0 Å². The van der Waals surface area contributed by atoms with Gasteiger partial charge in [-0.1, -0.05) is 0 Å². The van der Waals surface area contributed by atoms with Crippen molar-refractivity contribution >= 4 is 5.91 Å². The zero-order valence-electron chi connectivity index (χ0n) is 9.89. The van der Waals surface area contributed by atoms with E-state index in [0.717, 1.165) is 19.4 Å². The Hall–Kier alpha value is -1.29. The number of hydrogen-bond acceptors (Lipinski definition) is 3. The van der Waals surface area contributed by atoms with Crippen LogP contribution < -0.4 is 5.32 Å². The molecule has 1 amide bonds. The highest BCUT2D eigenvalue weighted by Gasteiger charge is 2.32. The van der Waals surface area contributed by atoms with Crippen LogP contribution in [-0.4, -0.2) is 36.0 Å². The topological polar surface area (TPSA) is 45.5 Å². The lowest BCUT2D eigenvalue weighted by Gasteiger charge is -2.34. The van der Waals surface area contributed by atoms with Crippen LogP contribution in [0.2, 0.25) is 0 Å². The highest BCUT2D eigenvalue weighted by molar-refractivity contribution is 5.91. The second kappa shape index (κ2) is 4.53.